The Morgan fingerprint density at radius 3 is 2.48 bits per heavy atom. The summed E-state index contributed by atoms with van der Waals surface area (Å²) < 4.78 is 11.5. The van der Waals surface area contributed by atoms with Gasteiger partial charge in [0.1, 0.15) is 11.5 Å². The van der Waals surface area contributed by atoms with Gasteiger partial charge in [0.05, 0.1) is 9.78 Å². The summed E-state index contributed by atoms with van der Waals surface area (Å²) >= 11 is 2.13. The number of hydrogen-bond donors (Lipinski definition) is 2. The van der Waals surface area contributed by atoms with Crippen molar-refractivity contribution in [3.05, 3.63) is 57.7 Å². The van der Waals surface area contributed by atoms with Gasteiger partial charge in [-0.1, -0.05) is 12.1 Å². The average molecular weight is 453 g/mol. The normalized spacial score (nSPS) is 10.4. The first-order valence-electron chi connectivity index (χ1n) is 7.25. The molecule has 0 aromatic heterocycles. The molecule has 0 heterocycles. The number of halogens is 1. The van der Waals surface area contributed by atoms with E-state index < -0.39 is 5.91 Å². The van der Waals surface area contributed by atoms with E-state index in [1.807, 2.05) is 18.2 Å². The maximum Gasteiger partial charge on any atom is 0.277 e. The van der Waals surface area contributed by atoms with Gasteiger partial charge in [-0.2, -0.15) is 5.10 Å². The van der Waals surface area contributed by atoms with Gasteiger partial charge < -0.3 is 15.2 Å². The number of hydrazone groups is 1. The molecule has 0 radical (unpaired) electrons. The molecule has 130 valence electrons. The Morgan fingerprint density at radius 1 is 1.08 bits per heavy atom. The topological polar surface area (TPSA) is 103 Å². The minimum Gasteiger partial charge on any atom is -0.484 e. The molecule has 0 saturated heterocycles. The third-order valence-corrected chi connectivity index (χ3v) is 3.75. The number of amides is 2. The fourth-order valence-electron chi connectivity index (χ4n) is 1.72. The zero-order valence-corrected chi connectivity index (χ0v) is 15.3. The largest absolute Gasteiger partial charge is 0.484 e. The number of primary amides is 1. The molecule has 25 heavy (non-hydrogen) atoms. The SMILES string of the molecule is NC(=O)COc1ccc(/C=N/NC(=O)COc2ccccc2I)cc1. The van der Waals surface area contributed by atoms with E-state index in [0.717, 1.165) is 9.13 Å². The second-order valence-electron chi connectivity index (χ2n) is 4.84. The Labute approximate surface area is 158 Å². The van der Waals surface area contributed by atoms with Crippen molar-refractivity contribution in [1.29, 1.82) is 0 Å². The molecular formula is C17H16IN3O4. The molecule has 2 aromatic rings. The van der Waals surface area contributed by atoms with E-state index in [1.54, 1.807) is 30.3 Å². The molecule has 0 aliphatic rings. The number of carbonyl (C=O) groups is 2. The third kappa shape index (κ3) is 6.79. The molecule has 3 N–H and O–H groups in total. The second kappa shape index (κ2) is 9.62. The summed E-state index contributed by atoms with van der Waals surface area (Å²) in [6.07, 6.45) is 1.49. The van der Waals surface area contributed by atoms with Crippen LogP contribution in [-0.4, -0.2) is 31.2 Å². The van der Waals surface area contributed by atoms with Crippen LogP contribution in [0.25, 0.3) is 0 Å². The molecule has 2 amide bonds. The van der Waals surface area contributed by atoms with E-state index in [1.165, 1.54) is 6.21 Å². The lowest BCUT2D eigenvalue weighted by atomic mass is 10.2. The van der Waals surface area contributed by atoms with Crippen molar-refractivity contribution in [3.8, 4) is 11.5 Å². The Morgan fingerprint density at radius 2 is 1.80 bits per heavy atom. The molecule has 2 aromatic carbocycles. The monoisotopic (exact) mass is 453 g/mol. The predicted octanol–water partition coefficient (Wildman–Crippen LogP) is 1.68. The van der Waals surface area contributed by atoms with E-state index in [0.29, 0.717) is 11.5 Å². The van der Waals surface area contributed by atoms with E-state index in [4.69, 9.17) is 15.2 Å². The van der Waals surface area contributed by atoms with Crippen LogP contribution in [0.2, 0.25) is 0 Å². The number of hydrogen-bond acceptors (Lipinski definition) is 5. The molecule has 7 nitrogen and oxygen atoms in total. The van der Waals surface area contributed by atoms with Crippen molar-refractivity contribution in [3.63, 3.8) is 0 Å². The van der Waals surface area contributed by atoms with Crippen molar-refractivity contribution in [1.82, 2.24) is 5.43 Å². The first-order chi connectivity index (χ1) is 12.0. The highest BCUT2D eigenvalue weighted by Crippen LogP contribution is 2.19. The van der Waals surface area contributed by atoms with Crippen molar-refractivity contribution in [2.24, 2.45) is 10.8 Å². The van der Waals surface area contributed by atoms with E-state index >= 15 is 0 Å². The molecule has 0 aliphatic heterocycles. The Hall–Kier alpha value is -2.62. The summed E-state index contributed by atoms with van der Waals surface area (Å²) in [5.74, 6) is 0.262. The molecular weight excluding hydrogens is 437 g/mol. The highest BCUT2D eigenvalue weighted by molar-refractivity contribution is 14.1. The van der Waals surface area contributed by atoms with Crippen LogP contribution in [0, 0.1) is 3.57 Å². The molecule has 0 fully saturated rings. The number of rotatable bonds is 8. The van der Waals surface area contributed by atoms with Gasteiger partial charge in [0.2, 0.25) is 0 Å². The second-order valence-corrected chi connectivity index (χ2v) is 6.00. The van der Waals surface area contributed by atoms with Crippen molar-refractivity contribution in [2.75, 3.05) is 13.2 Å². The predicted molar refractivity (Wildman–Crippen MR) is 102 cm³/mol. The number of nitrogens with two attached hydrogens (primary N) is 1. The van der Waals surface area contributed by atoms with E-state index in [2.05, 4.69) is 33.1 Å². The Kier molecular flexibility index (Phi) is 7.20. The lowest BCUT2D eigenvalue weighted by Crippen LogP contribution is -2.24. The first-order valence-corrected chi connectivity index (χ1v) is 8.33. The van der Waals surface area contributed by atoms with Gasteiger partial charge in [-0.25, -0.2) is 5.43 Å². The highest BCUT2D eigenvalue weighted by Gasteiger charge is 2.04. The Balaban J connectivity index is 1.77. The van der Waals surface area contributed by atoms with E-state index in [-0.39, 0.29) is 19.1 Å². The minimum atomic E-state index is -0.541. The Bertz CT molecular complexity index is 763. The van der Waals surface area contributed by atoms with Crippen molar-refractivity contribution in [2.45, 2.75) is 0 Å². The number of nitrogens with zero attached hydrogens (tertiary/aromatic N) is 1. The van der Waals surface area contributed by atoms with Crippen LogP contribution in [0.1, 0.15) is 5.56 Å². The fourth-order valence-corrected chi connectivity index (χ4v) is 2.26. The van der Waals surface area contributed by atoms with Crippen molar-refractivity contribution < 1.29 is 19.1 Å². The third-order valence-electron chi connectivity index (χ3n) is 2.86. The molecule has 0 saturated carbocycles. The van der Waals surface area contributed by atoms with Gasteiger partial charge in [0, 0.05) is 0 Å². The van der Waals surface area contributed by atoms with Crippen LogP contribution in [0.15, 0.2) is 53.6 Å². The zero-order valence-electron chi connectivity index (χ0n) is 13.1. The van der Waals surface area contributed by atoms with Crippen molar-refractivity contribution >= 4 is 40.6 Å². The number of ether oxygens (including phenoxy) is 2. The number of nitrogens with one attached hydrogen (secondary N) is 1. The van der Waals surface area contributed by atoms with Gasteiger partial charge in [-0.15, -0.1) is 0 Å². The number of carbonyl (C=O) groups excluding carboxylic acids is 2. The first kappa shape index (κ1) is 18.7. The summed E-state index contributed by atoms with van der Waals surface area (Å²) in [5.41, 5.74) is 8.14. The zero-order chi connectivity index (χ0) is 18.1. The van der Waals surface area contributed by atoms with Crippen LogP contribution >= 0.6 is 22.6 Å². The van der Waals surface area contributed by atoms with Gasteiger partial charge >= 0.3 is 0 Å². The minimum absolute atomic E-state index is 0.128. The standard InChI is InChI=1S/C17H16IN3O4/c18-14-3-1-2-4-15(14)25-11-17(23)21-20-9-12-5-7-13(8-6-12)24-10-16(19)22/h1-9H,10-11H2,(H2,19,22)(H,21,23)/b20-9+. The fraction of sp³-hybridized carbons (Fsp3) is 0.118. The summed E-state index contributed by atoms with van der Waals surface area (Å²) in [6.45, 7) is -0.304. The molecule has 0 unspecified atom stereocenters. The smallest absolute Gasteiger partial charge is 0.277 e. The van der Waals surface area contributed by atoms with E-state index in [9.17, 15) is 9.59 Å². The molecule has 0 atom stereocenters. The molecule has 8 heteroatoms. The molecule has 0 spiro atoms. The molecule has 0 aliphatic carbocycles. The van der Waals surface area contributed by atoms with Crippen LogP contribution in [-0.2, 0) is 9.59 Å². The molecule has 2 rings (SSSR count). The summed E-state index contributed by atoms with van der Waals surface area (Å²) in [5, 5.41) is 3.86. The van der Waals surface area contributed by atoms with Gasteiger partial charge in [-0.05, 0) is 64.6 Å². The van der Waals surface area contributed by atoms with Gasteiger partial charge in [0.15, 0.2) is 13.2 Å². The summed E-state index contributed by atoms with van der Waals surface area (Å²) in [6, 6.07) is 14.2. The summed E-state index contributed by atoms with van der Waals surface area (Å²) in [4.78, 5) is 22.3. The van der Waals surface area contributed by atoms with Crippen LogP contribution in [0.5, 0.6) is 11.5 Å². The average Bonchev–Trinajstić information content (AvgIpc) is 2.60. The number of para-hydroxylation sites is 1. The molecule has 0 bridgehead atoms. The van der Waals surface area contributed by atoms with Crippen LogP contribution < -0.4 is 20.6 Å². The maximum absolute atomic E-state index is 11.7. The van der Waals surface area contributed by atoms with Crippen LogP contribution in [0.3, 0.4) is 0 Å². The lowest BCUT2D eigenvalue weighted by molar-refractivity contribution is -0.123. The highest BCUT2D eigenvalue weighted by atomic mass is 127. The number of benzene rings is 2. The van der Waals surface area contributed by atoms with Crippen LogP contribution in [0.4, 0.5) is 0 Å². The maximum atomic E-state index is 11.7. The summed E-state index contributed by atoms with van der Waals surface area (Å²) in [7, 11) is 0. The van der Waals surface area contributed by atoms with Gasteiger partial charge in [0.25, 0.3) is 11.8 Å². The quantitative estimate of drug-likeness (QED) is 0.361. The lowest BCUT2D eigenvalue weighted by Gasteiger charge is -2.06. The van der Waals surface area contributed by atoms with Gasteiger partial charge in [-0.3, -0.25) is 9.59 Å².